The topological polar surface area (TPSA) is 35.2 Å². The fraction of sp³-hybridized carbons (Fsp3) is 0.538. The van der Waals surface area contributed by atoms with Crippen LogP contribution in [0.15, 0.2) is 18.2 Å². The van der Waals surface area contributed by atoms with E-state index in [4.69, 9.17) is 10.5 Å². The summed E-state index contributed by atoms with van der Waals surface area (Å²) in [5.41, 5.74) is 5.37. The third-order valence-corrected chi connectivity index (χ3v) is 3.35. The van der Waals surface area contributed by atoms with E-state index in [0.717, 1.165) is 18.9 Å². The van der Waals surface area contributed by atoms with E-state index in [1.807, 2.05) is 0 Å². The highest BCUT2D eigenvalue weighted by Crippen LogP contribution is 2.36. The van der Waals surface area contributed by atoms with Gasteiger partial charge in [0.05, 0.1) is 5.56 Å². The summed E-state index contributed by atoms with van der Waals surface area (Å²) in [7, 11) is 0. The zero-order valence-electron chi connectivity index (χ0n) is 9.96. The highest BCUT2D eigenvalue weighted by molar-refractivity contribution is 5.55. The lowest BCUT2D eigenvalue weighted by atomic mass is 9.90. The molecule has 1 saturated heterocycles. The van der Waals surface area contributed by atoms with Gasteiger partial charge in [0.1, 0.15) is 0 Å². The van der Waals surface area contributed by atoms with Crippen LogP contribution in [0.1, 0.15) is 24.0 Å². The number of para-hydroxylation sites is 1. The molecule has 1 aromatic carbocycles. The second-order valence-electron chi connectivity index (χ2n) is 4.64. The van der Waals surface area contributed by atoms with E-state index in [9.17, 15) is 13.2 Å². The lowest BCUT2D eigenvalue weighted by Crippen LogP contribution is -2.19. The van der Waals surface area contributed by atoms with Crippen LogP contribution in [-0.4, -0.2) is 13.2 Å². The maximum Gasteiger partial charge on any atom is 0.418 e. The van der Waals surface area contributed by atoms with E-state index >= 15 is 0 Å². The minimum Gasteiger partial charge on any atom is -0.398 e. The van der Waals surface area contributed by atoms with Crippen molar-refractivity contribution in [2.75, 3.05) is 18.9 Å². The largest absolute Gasteiger partial charge is 0.418 e. The van der Waals surface area contributed by atoms with Crippen molar-refractivity contribution in [2.24, 2.45) is 5.92 Å². The summed E-state index contributed by atoms with van der Waals surface area (Å²) in [6.45, 7) is 1.37. The molecule has 5 heteroatoms. The van der Waals surface area contributed by atoms with Crippen molar-refractivity contribution in [3.05, 3.63) is 29.3 Å². The molecular weight excluding hydrogens is 243 g/mol. The molecule has 0 aliphatic carbocycles. The van der Waals surface area contributed by atoms with E-state index < -0.39 is 11.7 Å². The van der Waals surface area contributed by atoms with Crippen molar-refractivity contribution < 1.29 is 17.9 Å². The second kappa shape index (κ2) is 5.18. The Labute approximate surface area is 104 Å². The highest BCUT2D eigenvalue weighted by Gasteiger charge is 2.33. The van der Waals surface area contributed by atoms with Gasteiger partial charge in [0.15, 0.2) is 0 Å². The number of rotatable bonds is 2. The molecule has 1 aliphatic heterocycles. The molecule has 0 unspecified atom stereocenters. The molecule has 100 valence electrons. The molecule has 0 radical (unpaired) electrons. The van der Waals surface area contributed by atoms with E-state index in [0.29, 0.717) is 31.1 Å². The van der Waals surface area contributed by atoms with Crippen molar-refractivity contribution in [3.63, 3.8) is 0 Å². The number of ether oxygens (including phenoxy) is 1. The van der Waals surface area contributed by atoms with Crippen LogP contribution in [0.3, 0.4) is 0 Å². The minimum atomic E-state index is -4.38. The van der Waals surface area contributed by atoms with Crippen molar-refractivity contribution in [1.82, 2.24) is 0 Å². The molecule has 0 bridgehead atoms. The molecule has 2 N–H and O–H groups in total. The number of halogens is 3. The number of alkyl halides is 3. The smallest absolute Gasteiger partial charge is 0.398 e. The Hall–Kier alpha value is -1.23. The Kier molecular flexibility index (Phi) is 3.80. The Bertz CT molecular complexity index is 411. The number of nitrogens with two attached hydrogens (primary N) is 1. The summed E-state index contributed by atoms with van der Waals surface area (Å²) >= 11 is 0. The van der Waals surface area contributed by atoms with Crippen molar-refractivity contribution in [2.45, 2.75) is 25.4 Å². The van der Waals surface area contributed by atoms with Gasteiger partial charge in [0, 0.05) is 18.9 Å². The van der Waals surface area contributed by atoms with Gasteiger partial charge in [-0.25, -0.2) is 0 Å². The first-order chi connectivity index (χ1) is 8.48. The number of hydrogen-bond donors (Lipinski definition) is 1. The average molecular weight is 259 g/mol. The van der Waals surface area contributed by atoms with Crippen LogP contribution in [0.25, 0.3) is 0 Å². The molecule has 2 nitrogen and oxygen atoms in total. The molecule has 1 aliphatic rings. The first kappa shape index (κ1) is 13.2. The maximum absolute atomic E-state index is 12.7. The molecule has 1 aromatic rings. The zero-order chi connectivity index (χ0) is 13.2. The van der Waals surface area contributed by atoms with E-state index in [1.54, 1.807) is 6.07 Å². The highest BCUT2D eigenvalue weighted by atomic mass is 19.4. The first-order valence-corrected chi connectivity index (χ1v) is 6.01. The van der Waals surface area contributed by atoms with E-state index in [-0.39, 0.29) is 5.69 Å². The molecule has 2 rings (SSSR count). The molecule has 0 aromatic heterocycles. The van der Waals surface area contributed by atoms with Crippen molar-refractivity contribution in [3.8, 4) is 0 Å². The Morgan fingerprint density at radius 3 is 2.50 bits per heavy atom. The molecule has 1 heterocycles. The van der Waals surface area contributed by atoms with Crippen molar-refractivity contribution >= 4 is 5.69 Å². The van der Waals surface area contributed by atoms with Gasteiger partial charge in [-0.05, 0) is 36.8 Å². The van der Waals surface area contributed by atoms with Crippen LogP contribution in [0.5, 0.6) is 0 Å². The van der Waals surface area contributed by atoms with Crippen LogP contribution in [0, 0.1) is 5.92 Å². The third kappa shape index (κ3) is 2.96. The van der Waals surface area contributed by atoms with Crippen LogP contribution < -0.4 is 5.73 Å². The van der Waals surface area contributed by atoms with Gasteiger partial charge in [-0.2, -0.15) is 13.2 Å². The summed E-state index contributed by atoms with van der Waals surface area (Å²) in [6, 6.07) is 4.14. The van der Waals surface area contributed by atoms with Gasteiger partial charge in [-0.1, -0.05) is 12.1 Å². The fourth-order valence-electron chi connectivity index (χ4n) is 2.30. The number of benzene rings is 1. The number of hydrogen-bond acceptors (Lipinski definition) is 2. The van der Waals surface area contributed by atoms with E-state index in [1.165, 1.54) is 6.07 Å². The summed E-state index contributed by atoms with van der Waals surface area (Å²) in [5.74, 6) is 0.365. The molecule has 18 heavy (non-hydrogen) atoms. The van der Waals surface area contributed by atoms with Crippen LogP contribution in [0.2, 0.25) is 0 Å². The molecule has 0 amide bonds. The minimum absolute atomic E-state index is 0.128. The van der Waals surface area contributed by atoms with Gasteiger partial charge >= 0.3 is 6.18 Å². The Morgan fingerprint density at radius 1 is 1.22 bits per heavy atom. The standard InChI is InChI=1S/C13H16F3NO/c14-13(15,16)11-3-1-2-10(12(11)17)8-9-4-6-18-7-5-9/h1-3,9H,4-8,17H2. The quantitative estimate of drug-likeness (QED) is 0.827. The molecule has 0 atom stereocenters. The van der Waals surface area contributed by atoms with Gasteiger partial charge in [0.25, 0.3) is 0 Å². The van der Waals surface area contributed by atoms with Gasteiger partial charge in [-0.15, -0.1) is 0 Å². The third-order valence-electron chi connectivity index (χ3n) is 3.35. The maximum atomic E-state index is 12.7. The van der Waals surface area contributed by atoms with Crippen LogP contribution in [-0.2, 0) is 17.3 Å². The normalized spacial score (nSPS) is 17.9. The number of nitrogen functional groups attached to an aromatic ring is 1. The summed E-state index contributed by atoms with van der Waals surface area (Å²) < 4.78 is 43.4. The van der Waals surface area contributed by atoms with Crippen LogP contribution in [0.4, 0.5) is 18.9 Å². The first-order valence-electron chi connectivity index (χ1n) is 6.01. The molecule has 0 saturated carbocycles. The summed E-state index contributed by atoms with van der Waals surface area (Å²) in [5, 5.41) is 0. The van der Waals surface area contributed by atoms with Gasteiger partial charge in [0.2, 0.25) is 0 Å². The Morgan fingerprint density at radius 2 is 1.89 bits per heavy atom. The number of anilines is 1. The predicted molar refractivity (Wildman–Crippen MR) is 63.1 cm³/mol. The fourth-order valence-corrected chi connectivity index (χ4v) is 2.30. The van der Waals surface area contributed by atoms with Gasteiger partial charge < -0.3 is 10.5 Å². The zero-order valence-corrected chi connectivity index (χ0v) is 9.96. The molecule has 0 spiro atoms. The second-order valence-corrected chi connectivity index (χ2v) is 4.64. The Balaban J connectivity index is 2.18. The average Bonchev–Trinajstić information content (AvgIpc) is 2.32. The molecular formula is C13H16F3NO. The predicted octanol–water partition coefficient (Wildman–Crippen LogP) is 3.26. The van der Waals surface area contributed by atoms with Crippen molar-refractivity contribution in [1.29, 1.82) is 0 Å². The summed E-state index contributed by atoms with van der Waals surface area (Å²) in [4.78, 5) is 0. The lowest BCUT2D eigenvalue weighted by Gasteiger charge is -2.23. The monoisotopic (exact) mass is 259 g/mol. The van der Waals surface area contributed by atoms with Crippen LogP contribution >= 0.6 is 0 Å². The lowest BCUT2D eigenvalue weighted by molar-refractivity contribution is -0.136. The molecule has 1 fully saturated rings. The van der Waals surface area contributed by atoms with E-state index in [2.05, 4.69) is 0 Å². The SMILES string of the molecule is Nc1c(CC2CCOCC2)cccc1C(F)(F)F. The summed E-state index contributed by atoms with van der Waals surface area (Å²) in [6.07, 6.45) is -2.01. The van der Waals surface area contributed by atoms with Gasteiger partial charge in [-0.3, -0.25) is 0 Å².